The number of hydrazine groups is 1. The van der Waals surface area contributed by atoms with Gasteiger partial charge in [-0.3, -0.25) is 15.2 Å². The Balaban J connectivity index is 1.75. The molecule has 0 aliphatic carbocycles. The molecule has 0 saturated carbocycles. The summed E-state index contributed by atoms with van der Waals surface area (Å²) < 4.78 is 50.4. The SMILES string of the molecule is COc1cc(C(=O)NNS(=O)(=O)c2ccc(F)c3ncccc23)ccc1OCCC(C)C. The Labute approximate surface area is 185 Å². The Bertz CT molecular complexity index is 1230. The molecule has 32 heavy (non-hydrogen) atoms. The Morgan fingerprint density at radius 3 is 2.66 bits per heavy atom. The molecule has 10 heteroatoms. The summed E-state index contributed by atoms with van der Waals surface area (Å²) >= 11 is 0. The van der Waals surface area contributed by atoms with Gasteiger partial charge >= 0.3 is 0 Å². The topological polar surface area (TPSA) is 107 Å². The molecule has 1 amide bonds. The van der Waals surface area contributed by atoms with Crippen LogP contribution in [0.2, 0.25) is 0 Å². The minimum Gasteiger partial charge on any atom is -0.493 e. The molecule has 0 bridgehead atoms. The predicted octanol–water partition coefficient (Wildman–Crippen LogP) is 3.43. The zero-order valence-electron chi connectivity index (χ0n) is 17.9. The molecule has 0 saturated heterocycles. The molecule has 8 nitrogen and oxygen atoms in total. The van der Waals surface area contributed by atoms with Crippen molar-refractivity contribution >= 4 is 26.8 Å². The van der Waals surface area contributed by atoms with Gasteiger partial charge in [-0.2, -0.15) is 0 Å². The Morgan fingerprint density at radius 1 is 1.16 bits per heavy atom. The number of nitrogens with zero attached hydrogens (tertiary/aromatic N) is 1. The van der Waals surface area contributed by atoms with Crippen molar-refractivity contribution in [3.63, 3.8) is 0 Å². The first-order valence-electron chi connectivity index (χ1n) is 9.89. The molecule has 1 heterocycles. The van der Waals surface area contributed by atoms with Gasteiger partial charge in [0.2, 0.25) is 0 Å². The lowest BCUT2D eigenvalue weighted by molar-refractivity contribution is 0.0944. The van der Waals surface area contributed by atoms with E-state index < -0.39 is 21.7 Å². The highest BCUT2D eigenvalue weighted by atomic mass is 32.2. The van der Waals surface area contributed by atoms with Crippen LogP contribution in [0.15, 0.2) is 53.6 Å². The van der Waals surface area contributed by atoms with Crippen LogP contribution in [-0.2, 0) is 10.0 Å². The minimum absolute atomic E-state index is 0.0838. The Hall–Kier alpha value is -3.24. The molecular weight excluding hydrogens is 437 g/mol. The number of fused-ring (bicyclic) bond motifs is 1. The van der Waals surface area contributed by atoms with Crippen LogP contribution >= 0.6 is 0 Å². The molecule has 0 aliphatic rings. The summed E-state index contributed by atoms with van der Waals surface area (Å²) in [5.74, 6) is -0.0416. The van der Waals surface area contributed by atoms with Crippen molar-refractivity contribution < 1.29 is 27.1 Å². The molecule has 0 aliphatic heterocycles. The summed E-state index contributed by atoms with van der Waals surface area (Å²) in [5.41, 5.74) is 2.23. The van der Waals surface area contributed by atoms with Gasteiger partial charge in [-0.25, -0.2) is 12.8 Å². The third kappa shape index (κ3) is 5.32. The van der Waals surface area contributed by atoms with E-state index >= 15 is 0 Å². The predicted molar refractivity (Wildman–Crippen MR) is 117 cm³/mol. The van der Waals surface area contributed by atoms with Gasteiger partial charge in [0.15, 0.2) is 11.5 Å². The second-order valence-corrected chi connectivity index (χ2v) is 9.05. The maximum absolute atomic E-state index is 13.9. The van der Waals surface area contributed by atoms with Gasteiger partial charge in [-0.1, -0.05) is 13.8 Å². The van der Waals surface area contributed by atoms with Crippen molar-refractivity contribution in [1.29, 1.82) is 0 Å². The number of ether oxygens (including phenoxy) is 2. The summed E-state index contributed by atoms with van der Waals surface area (Å²) in [5, 5.41) is 0.0961. The second kappa shape index (κ2) is 9.92. The number of nitrogens with one attached hydrogen (secondary N) is 2. The van der Waals surface area contributed by atoms with E-state index in [1.165, 1.54) is 37.6 Å². The van der Waals surface area contributed by atoms with Crippen LogP contribution in [0.4, 0.5) is 4.39 Å². The molecule has 0 spiro atoms. The molecular formula is C22H24FN3O5S. The normalized spacial score (nSPS) is 11.5. The number of pyridine rings is 1. The van der Waals surface area contributed by atoms with E-state index in [2.05, 4.69) is 24.3 Å². The average molecular weight is 462 g/mol. The van der Waals surface area contributed by atoms with Crippen molar-refractivity contribution in [2.24, 2.45) is 5.92 Å². The Morgan fingerprint density at radius 2 is 1.94 bits per heavy atom. The molecule has 2 aromatic carbocycles. The Kier molecular flexibility index (Phi) is 7.26. The summed E-state index contributed by atoms with van der Waals surface area (Å²) in [6.07, 6.45) is 2.22. The fourth-order valence-electron chi connectivity index (χ4n) is 2.92. The average Bonchev–Trinajstić information content (AvgIpc) is 2.77. The smallest absolute Gasteiger partial charge is 0.266 e. The zero-order valence-corrected chi connectivity index (χ0v) is 18.7. The van der Waals surface area contributed by atoms with Gasteiger partial charge in [0.05, 0.1) is 18.6 Å². The highest BCUT2D eigenvalue weighted by Crippen LogP contribution is 2.28. The fraction of sp³-hybridized carbons (Fsp3) is 0.273. The number of amides is 1. The number of carbonyl (C=O) groups is 1. The second-order valence-electron chi connectivity index (χ2n) is 7.40. The van der Waals surface area contributed by atoms with Gasteiger partial charge < -0.3 is 9.47 Å². The fourth-order valence-corrected chi connectivity index (χ4v) is 3.96. The van der Waals surface area contributed by atoms with Crippen LogP contribution < -0.4 is 19.7 Å². The van der Waals surface area contributed by atoms with E-state index in [1.807, 2.05) is 4.83 Å². The van der Waals surface area contributed by atoms with Crippen LogP contribution in [-0.4, -0.2) is 33.0 Å². The molecule has 0 atom stereocenters. The highest BCUT2D eigenvalue weighted by Gasteiger charge is 2.21. The van der Waals surface area contributed by atoms with Crippen molar-refractivity contribution in [3.05, 3.63) is 60.0 Å². The number of carbonyl (C=O) groups excluding carboxylic acids is 1. The summed E-state index contributed by atoms with van der Waals surface area (Å²) in [6, 6.07) is 9.58. The van der Waals surface area contributed by atoms with Crippen LogP contribution in [0.3, 0.4) is 0 Å². The molecule has 3 aromatic rings. The third-order valence-corrected chi connectivity index (χ3v) is 5.95. The number of aromatic nitrogens is 1. The largest absolute Gasteiger partial charge is 0.493 e. The van der Waals surface area contributed by atoms with E-state index in [9.17, 15) is 17.6 Å². The molecule has 2 N–H and O–H groups in total. The van der Waals surface area contributed by atoms with Crippen LogP contribution in [0, 0.1) is 11.7 Å². The van der Waals surface area contributed by atoms with Gasteiger partial charge in [-0.15, -0.1) is 4.83 Å². The molecule has 3 rings (SSSR count). The number of benzene rings is 2. The highest BCUT2D eigenvalue weighted by molar-refractivity contribution is 7.89. The number of hydrogen-bond donors (Lipinski definition) is 2. The van der Waals surface area contributed by atoms with E-state index in [4.69, 9.17) is 9.47 Å². The van der Waals surface area contributed by atoms with Gasteiger partial charge in [0, 0.05) is 17.1 Å². The third-order valence-electron chi connectivity index (χ3n) is 4.65. The first-order chi connectivity index (χ1) is 15.2. The van der Waals surface area contributed by atoms with Gasteiger partial charge in [0.1, 0.15) is 11.3 Å². The number of rotatable bonds is 9. The first-order valence-corrected chi connectivity index (χ1v) is 11.4. The maximum Gasteiger partial charge on any atom is 0.266 e. The first kappa shape index (κ1) is 23.4. The van der Waals surface area contributed by atoms with Gasteiger partial charge in [0.25, 0.3) is 15.9 Å². The number of halogens is 1. The summed E-state index contributed by atoms with van der Waals surface area (Å²) in [4.78, 5) is 18.2. The van der Waals surface area contributed by atoms with Crippen molar-refractivity contribution in [2.45, 2.75) is 25.2 Å². The monoisotopic (exact) mass is 461 g/mol. The van der Waals surface area contributed by atoms with E-state index in [0.29, 0.717) is 24.0 Å². The molecule has 0 fully saturated rings. The van der Waals surface area contributed by atoms with Gasteiger partial charge in [-0.05, 0) is 54.8 Å². The summed E-state index contributed by atoms with van der Waals surface area (Å²) in [6.45, 7) is 4.67. The molecule has 0 unspecified atom stereocenters. The van der Waals surface area contributed by atoms with Crippen molar-refractivity contribution in [1.82, 2.24) is 15.2 Å². The minimum atomic E-state index is -4.20. The van der Waals surface area contributed by atoms with Crippen molar-refractivity contribution in [2.75, 3.05) is 13.7 Å². The maximum atomic E-state index is 13.9. The van der Waals surface area contributed by atoms with E-state index in [1.54, 1.807) is 6.07 Å². The standard InChI is InChI=1S/C22H24FN3O5S/c1-14(2)10-12-31-18-8-6-15(13-19(18)30-3)22(27)25-26-32(28,29)20-9-7-17(23)21-16(20)5-4-11-24-21/h4-9,11,13-14,26H,10,12H2,1-3H3,(H,25,27). The zero-order chi connectivity index (χ0) is 23.3. The quantitative estimate of drug-likeness (QED) is 0.473. The number of sulfonamides is 1. The molecule has 1 aromatic heterocycles. The lowest BCUT2D eigenvalue weighted by Gasteiger charge is -2.14. The number of methoxy groups -OCH3 is 1. The van der Waals surface area contributed by atoms with E-state index in [0.717, 1.165) is 18.6 Å². The molecule has 0 radical (unpaired) electrons. The van der Waals surface area contributed by atoms with Crippen LogP contribution in [0.1, 0.15) is 30.6 Å². The number of hydrogen-bond acceptors (Lipinski definition) is 6. The van der Waals surface area contributed by atoms with Crippen LogP contribution in [0.25, 0.3) is 10.9 Å². The van der Waals surface area contributed by atoms with Crippen LogP contribution in [0.5, 0.6) is 11.5 Å². The lowest BCUT2D eigenvalue weighted by atomic mass is 10.1. The van der Waals surface area contributed by atoms with E-state index in [-0.39, 0.29) is 21.4 Å². The lowest BCUT2D eigenvalue weighted by Crippen LogP contribution is -2.41. The molecule has 170 valence electrons. The van der Waals surface area contributed by atoms with Crippen molar-refractivity contribution in [3.8, 4) is 11.5 Å². The summed E-state index contributed by atoms with van der Waals surface area (Å²) in [7, 11) is -2.75.